The Morgan fingerprint density at radius 1 is 1.32 bits per heavy atom. The number of carbonyl (C=O) groups is 1. The molecule has 0 radical (unpaired) electrons. The van der Waals surface area contributed by atoms with Crippen LogP contribution in [0.2, 0.25) is 0 Å². The number of carbonyl (C=O) groups excluding carboxylic acids is 1. The molecule has 1 aromatic carbocycles. The number of benzene rings is 1. The van der Waals surface area contributed by atoms with Gasteiger partial charge in [-0.05, 0) is 36.2 Å². The molecular weight excluding hydrogens is 242 g/mol. The molecule has 0 saturated carbocycles. The van der Waals surface area contributed by atoms with Crippen LogP contribution in [-0.4, -0.2) is 16.0 Å². The number of aromatic hydroxyl groups is 1. The van der Waals surface area contributed by atoms with Crippen LogP contribution in [-0.2, 0) is 11.2 Å². The molecular formula is C14H15N3O2. The molecule has 1 heterocycles. The number of aryl methyl sites for hydroxylation is 1. The Labute approximate surface area is 111 Å². The molecule has 5 nitrogen and oxygen atoms in total. The Hall–Kier alpha value is -2.56. The standard InChI is InChI=1S/C14H15N3O2/c15-11-4-1-3-10(9-11)6-7-13(19)17-14-12(18)5-2-8-16-14/h1-5,8-9,18H,6-7,15H2,(H,16,17,19). The van der Waals surface area contributed by atoms with Crippen molar-refractivity contribution >= 4 is 17.4 Å². The van der Waals surface area contributed by atoms with Crippen molar-refractivity contribution in [1.29, 1.82) is 0 Å². The van der Waals surface area contributed by atoms with Crippen LogP contribution < -0.4 is 11.1 Å². The zero-order chi connectivity index (χ0) is 13.7. The smallest absolute Gasteiger partial charge is 0.225 e. The van der Waals surface area contributed by atoms with Crippen molar-refractivity contribution in [2.75, 3.05) is 11.1 Å². The van der Waals surface area contributed by atoms with Crippen LogP contribution in [0.5, 0.6) is 5.75 Å². The second-order valence-corrected chi connectivity index (χ2v) is 4.16. The van der Waals surface area contributed by atoms with Crippen LogP contribution in [0.4, 0.5) is 11.5 Å². The number of nitrogens with two attached hydrogens (primary N) is 1. The SMILES string of the molecule is Nc1cccc(CCC(=O)Nc2ncccc2O)c1. The van der Waals surface area contributed by atoms with E-state index in [1.54, 1.807) is 12.1 Å². The van der Waals surface area contributed by atoms with Crippen molar-refractivity contribution in [3.05, 3.63) is 48.2 Å². The van der Waals surface area contributed by atoms with Gasteiger partial charge >= 0.3 is 0 Å². The lowest BCUT2D eigenvalue weighted by Gasteiger charge is -2.06. The molecule has 0 fully saturated rings. The average molecular weight is 257 g/mol. The number of nitrogens with one attached hydrogen (secondary N) is 1. The molecule has 0 unspecified atom stereocenters. The van der Waals surface area contributed by atoms with Gasteiger partial charge in [0.1, 0.15) is 0 Å². The quantitative estimate of drug-likeness (QED) is 0.730. The van der Waals surface area contributed by atoms with Gasteiger partial charge in [0.05, 0.1) is 0 Å². The first-order valence-corrected chi connectivity index (χ1v) is 5.93. The fourth-order valence-corrected chi connectivity index (χ4v) is 1.69. The van der Waals surface area contributed by atoms with Crippen LogP contribution in [0.25, 0.3) is 0 Å². The Morgan fingerprint density at radius 2 is 2.16 bits per heavy atom. The monoisotopic (exact) mass is 257 g/mol. The van der Waals surface area contributed by atoms with E-state index in [1.807, 2.05) is 18.2 Å². The van der Waals surface area contributed by atoms with E-state index in [0.29, 0.717) is 18.5 Å². The van der Waals surface area contributed by atoms with E-state index in [0.717, 1.165) is 5.56 Å². The van der Waals surface area contributed by atoms with Gasteiger partial charge in [-0.3, -0.25) is 4.79 Å². The highest BCUT2D eigenvalue weighted by Gasteiger charge is 2.07. The third-order valence-corrected chi connectivity index (χ3v) is 2.64. The van der Waals surface area contributed by atoms with E-state index in [9.17, 15) is 9.90 Å². The molecule has 1 aromatic heterocycles. The van der Waals surface area contributed by atoms with Gasteiger partial charge in [0.15, 0.2) is 11.6 Å². The van der Waals surface area contributed by atoms with Gasteiger partial charge in [-0.1, -0.05) is 12.1 Å². The number of hydrogen-bond donors (Lipinski definition) is 3. The number of hydrogen-bond acceptors (Lipinski definition) is 4. The van der Waals surface area contributed by atoms with Gasteiger partial charge in [0.25, 0.3) is 0 Å². The number of nitrogen functional groups attached to an aromatic ring is 1. The fourth-order valence-electron chi connectivity index (χ4n) is 1.69. The lowest BCUT2D eigenvalue weighted by atomic mass is 10.1. The van der Waals surface area contributed by atoms with Crippen molar-refractivity contribution < 1.29 is 9.90 Å². The van der Waals surface area contributed by atoms with Crippen LogP contribution in [0.3, 0.4) is 0 Å². The maximum Gasteiger partial charge on any atom is 0.225 e. The summed E-state index contributed by atoms with van der Waals surface area (Å²) in [6, 6.07) is 10.5. The highest BCUT2D eigenvalue weighted by molar-refractivity contribution is 5.91. The van der Waals surface area contributed by atoms with E-state index >= 15 is 0 Å². The van der Waals surface area contributed by atoms with Gasteiger partial charge in [0, 0.05) is 18.3 Å². The lowest BCUT2D eigenvalue weighted by molar-refractivity contribution is -0.116. The van der Waals surface area contributed by atoms with Crippen LogP contribution in [0.1, 0.15) is 12.0 Å². The summed E-state index contributed by atoms with van der Waals surface area (Å²) in [5.41, 5.74) is 7.35. The fraction of sp³-hybridized carbons (Fsp3) is 0.143. The Bertz CT molecular complexity index is 584. The number of anilines is 2. The Balaban J connectivity index is 1.90. The largest absolute Gasteiger partial charge is 0.504 e. The molecule has 0 atom stereocenters. The second-order valence-electron chi connectivity index (χ2n) is 4.16. The Morgan fingerprint density at radius 3 is 2.89 bits per heavy atom. The summed E-state index contributed by atoms with van der Waals surface area (Å²) in [5.74, 6) is -0.0590. The minimum absolute atomic E-state index is 0.0418. The summed E-state index contributed by atoms with van der Waals surface area (Å²) in [4.78, 5) is 15.6. The lowest BCUT2D eigenvalue weighted by Crippen LogP contribution is -2.13. The summed E-state index contributed by atoms with van der Waals surface area (Å²) in [6.07, 6.45) is 2.40. The zero-order valence-electron chi connectivity index (χ0n) is 10.3. The van der Waals surface area contributed by atoms with Crippen LogP contribution in [0.15, 0.2) is 42.6 Å². The zero-order valence-corrected chi connectivity index (χ0v) is 10.3. The average Bonchev–Trinajstić information content (AvgIpc) is 2.39. The first kappa shape index (κ1) is 12.9. The van der Waals surface area contributed by atoms with E-state index in [1.165, 1.54) is 12.3 Å². The third kappa shape index (κ3) is 3.70. The topological polar surface area (TPSA) is 88.2 Å². The maximum absolute atomic E-state index is 11.7. The molecule has 0 aliphatic rings. The first-order valence-electron chi connectivity index (χ1n) is 5.93. The summed E-state index contributed by atoms with van der Waals surface area (Å²) in [5, 5.41) is 12.1. The second kappa shape index (κ2) is 5.86. The number of aromatic nitrogens is 1. The number of pyridine rings is 1. The van der Waals surface area contributed by atoms with Crippen LogP contribution >= 0.6 is 0 Å². The predicted molar refractivity (Wildman–Crippen MR) is 73.7 cm³/mol. The minimum Gasteiger partial charge on any atom is -0.504 e. The normalized spacial score (nSPS) is 10.1. The van der Waals surface area contributed by atoms with Gasteiger partial charge in [-0.25, -0.2) is 4.98 Å². The van der Waals surface area contributed by atoms with Crippen molar-refractivity contribution in [1.82, 2.24) is 4.98 Å². The van der Waals surface area contributed by atoms with Crippen molar-refractivity contribution in [2.45, 2.75) is 12.8 Å². The Kier molecular flexibility index (Phi) is 3.97. The molecule has 98 valence electrons. The third-order valence-electron chi connectivity index (χ3n) is 2.64. The van der Waals surface area contributed by atoms with Gasteiger partial charge in [-0.2, -0.15) is 0 Å². The number of rotatable bonds is 4. The van der Waals surface area contributed by atoms with Crippen molar-refractivity contribution in [3.8, 4) is 5.75 Å². The first-order chi connectivity index (χ1) is 9.15. The summed E-state index contributed by atoms with van der Waals surface area (Å²) in [6.45, 7) is 0. The van der Waals surface area contributed by atoms with Crippen LogP contribution in [0, 0.1) is 0 Å². The molecule has 0 spiro atoms. The number of amides is 1. The molecule has 19 heavy (non-hydrogen) atoms. The minimum atomic E-state index is -0.198. The molecule has 0 aliphatic heterocycles. The molecule has 4 N–H and O–H groups in total. The molecule has 0 saturated heterocycles. The number of nitrogens with zero attached hydrogens (tertiary/aromatic N) is 1. The maximum atomic E-state index is 11.7. The molecule has 5 heteroatoms. The summed E-state index contributed by atoms with van der Waals surface area (Å²) < 4.78 is 0. The van der Waals surface area contributed by atoms with Gasteiger partial charge in [0.2, 0.25) is 5.91 Å². The van der Waals surface area contributed by atoms with Gasteiger partial charge in [-0.15, -0.1) is 0 Å². The molecule has 2 rings (SSSR count). The highest BCUT2D eigenvalue weighted by atomic mass is 16.3. The van der Waals surface area contributed by atoms with Crippen molar-refractivity contribution in [2.24, 2.45) is 0 Å². The summed E-state index contributed by atoms with van der Waals surface area (Å²) >= 11 is 0. The van der Waals surface area contributed by atoms with E-state index in [-0.39, 0.29) is 17.5 Å². The molecule has 1 amide bonds. The van der Waals surface area contributed by atoms with Crippen molar-refractivity contribution in [3.63, 3.8) is 0 Å². The molecule has 2 aromatic rings. The van der Waals surface area contributed by atoms with Gasteiger partial charge < -0.3 is 16.2 Å². The highest BCUT2D eigenvalue weighted by Crippen LogP contribution is 2.18. The van der Waals surface area contributed by atoms with E-state index < -0.39 is 0 Å². The summed E-state index contributed by atoms with van der Waals surface area (Å²) in [7, 11) is 0. The predicted octanol–water partition coefficient (Wildman–Crippen LogP) is 1.94. The molecule has 0 bridgehead atoms. The van der Waals surface area contributed by atoms with E-state index in [4.69, 9.17) is 5.73 Å². The van der Waals surface area contributed by atoms with E-state index in [2.05, 4.69) is 10.3 Å². The molecule has 0 aliphatic carbocycles.